The molecule has 0 radical (unpaired) electrons. The van der Waals surface area contributed by atoms with Crippen molar-refractivity contribution in [2.45, 2.75) is 32.9 Å². The van der Waals surface area contributed by atoms with Gasteiger partial charge in [0.1, 0.15) is 12.4 Å². The van der Waals surface area contributed by atoms with Gasteiger partial charge in [0.2, 0.25) is 0 Å². The predicted molar refractivity (Wildman–Crippen MR) is 135 cm³/mol. The molecule has 1 aliphatic heterocycles. The van der Waals surface area contributed by atoms with Gasteiger partial charge in [0.15, 0.2) is 11.8 Å². The average Bonchev–Trinajstić information content (AvgIpc) is 3.10. The summed E-state index contributed by atoms with van der Waals surface area (Å²) in [7, 11) is 3.69. The van der Waals surface area contributed by atoms with E-state index in [1.807, 2.05) is 18.5 Å². The molecule has 1 aromatic heterocycles. The summed E-state index contributed by atoms with van der Waals surface area (Å²) in [5, 5.41) is 11.8. The first-order chi connectivity index (χ1) is 14.6. The van der Waals surface area contributed by atoms with Crippen molar-refractivity contribution in [2.24, 2.45) is 12.0 Å². The van der Waals surface area contributed by atoms with Crippen molar-refractivity contribution in [1.29, 1.82) is 0 Å². The zero-order valence-corrected chi connectivity index (χ0v) is 21.5. The van der Waals surface area contributed by atoms with Crippen LogP contribution < -0.4 is 5.32 Å². The van der Waals surface area contributed by atoms with Crippen LogP contribution in [-0.2, 0) is 18.3 Å². The fourth-order valence-electron chi connectivity index (χ4n) is 3.89. The number of methoxy groups -OCH3 is 1. The first kappa shape index (κ1) is 25.5. The van der Waals surface area contributed by atoms with Gasteiger partial charge in [0, 0.05) is 52.9 Å². The fourth-order valence-corrected chi connectivity index (χ4v) is 3.89. The summed E-state index contributed by atoms with van der Waals surface area (Å²) < 4.78 is 7.19. The quantitative estimate of drug-likeness (QED) is 0.240. The van der Waals surface area contributed by atoms with Crippen molar-refractivity contribution >= 4 is 29.9 Å². The Kier molecular flexibility index (Phi) is 10.7. The van der Waals surface area contributed by atoms with Gasteiger partial charge in [-0.1, -0.05) is 37.3 Å². The monoisotopic (exact) mass is 541 g/mol. The number of aryl methyl sites for hydroxylation is 1. The molecule has 2 aromatic rings. The molecule has 8 nitrogen and oxygen atoms in total. The molecule has 0 bridgehead atoms. The lowest BCUT2D eigenvalue weighted by molar-refractivity contribution is 0.126. The minimum Gasteiger partial charge on any atom is -0.383 e. The Morgan fingerprint density at radius 2 is 1.87 bits per heavy atom. The number of rotatable bonds is 8. The summed E-state index contributed by atoms with van der Waals surface area (Å²) in [5.41, 5.74) is 1.40. The van der Waals surface area contributed by atoms with Gasteiger partial charge in [-0.3, -0.25) is 4.90 Å². The molecule has 1 atom stereocenters. The van der Waals surface area contributed by atoms with Crippen molar-refractivity contribution in [3.05, 3.63) is 47.5 Å². The number of hydrogen-bond acceptors (Lipinski definition) is 5. The lowest BCUT2D eigenvalue weighted by Gasteiger charge is -2.40. The molecule has 1 aliphatic rings. The predicted octanol–water partition coefficient (Wildman–Crippen LogP) is 2.60. The van der Waals surface area contributed by atoms with E-state index in [1.165, 1.54) is 5.56 Å². The minimum absolute atomic E-state index is 0. The molecule has 1 saturated heterocycles. The lowest BCUT2D eigenvalue weighted by Crippen LogP contribution is -2.53. The number of aliphatic imine (C=N–C) groups is 1. The van der Waals surface area contributed by atoms with Crippen LogP contribution in [0.25, 0.3) is 0 Å². The molecule has 2 heterocycles. The molecule has 0 amide bonds. The molecule has 172 valence electrons. The summed E-state index contributed by atoms with van der Waals surface area (Å²) in [6, 6.07) is 11.3. The molecule has 1 unspecified atom stereocenters. The number of guanidine groups is 1. The second-order valence-corrected chi connectivity index (χ2v) is 7.64. The maximum absolute atomic E-state index is 5.21. The van der Waals surface area contributed by atoms with Gasteiger partial charge in [0.05, 0.1) is 6.61 Å². The molecule has 0 spiro atoms. The van der Waals surface area contributed by atoms with E-state index in [2.05, 4.69) is 62.6 Å². The van der Waals surface area contributed by atoms with Crippen LogP contribution in [0.15, 0.2) is 35.3 Å². The van der Waals surface area contributed by atoms with E-state index >= 15 is 0 Å². The second-order valence-electron chi connectivity index (χ2n) is 7.64. The molecule has 31 heavy (non-hydrogen) atoms. The van der Waals surface area contributed by atoms with E-state index in [1.54, 1.807) is 7.11 Å². The highest BCUT2D eigenvalue weighted by Crippen LogP contribution is 2.25. The van der Waals surface area contributed by atoms with Crippen LogP contribution >= 0.6 is 24.0 Å². The number of benzene rings is 1. The minimum atomic E-state index is 0. The Balaban J connectivity index is 0.00000341. The smallest absolute Gasteiger partial charge is 0.194 e. The molecule has 9 heteroatoms. The SMILES string of the molecule is CCC(c1ccccc1)N1CCN(C(=NCc2nnc(C)n2C)NCCOC)CC1.I. The Hall–Kier alpha value is -1.72. The van der Waals surface area contributed by atoms with Crippen molar-refractivity contribution in [1.82, 2.24) is 29.9 Å². The van der Waals surface area contributed by atoms with E-state index < -0.39 is 0 Å². The van der Waals surface area contributed by atoms with E-state index in [-0.39, 0.29) is 24.0 Å². The zero-order valence-electron chi connectivity index (χ0n) is 19.1. The molecule has 3 rings (SSSR count). The summed E-state index contributed by atoms with van der Waals surface area (Å²) in [6.07, 6.45) is 1.11. The molecule has 1 aromatic carbocycles. The first-order valence-electron chi connectivity index (χ1n) is 10.8. The van der Waals surface area contributed by atoms with Crippen LogP contribution in [0.3, 0.4) is 0 Å². The highest BCUT2D eigenvalue weighted by Gasteiger charge is 2.25. The average molecular weight is 541 g/mol. The summed E-state index contributed by atoms with van der Waals surface area (Å²) in [6.45, 7) is 10.0. The van der Waals surface area contributed by atoms with E-state index in [9.17, 15) is 0 Å². The zero-order chi connectivity index (χ0) is 21.3. The molecule has 1 fully saturated rings. The number of nitrogens with one attached hydrogen (secondary N) is 1. The topological polar surface area (TPSA) is 70.8 Å². The van der Waals surface area contributed by atoms with Crippen LogP contribution in [0.1, 0.15) is 36.6 Å². The Bertz CT molecular complexity index is 803. The normalized spacial score (nSPS) is 16.1. The van der Waals surface area contributed by atoms with Crippen molar-refractivity contribution in [3.63, 3.8) is 0 Å². The van der Waals surface area contributed by atoms with Crippen LogP contribution in [0.4, 0.5) is 0 Å². The molecule has 1 N–H and O–H groups in total. The van der Waals surface area contributed by atoms with E-state index in [0.717, 1.165) is 56.8 Å². The number of nitrogens with zero attached hydrogens (tertiary/aromatic N) is 6. The summed E-state index contributed by atoms with van der Waals surface area (Å²) in [5.74, 6) is 2.68. The number of ether oxygens (including phenoxy) is 1. The van der Waals surface area contributed by atoms with Gasteiger partial charge in [-0.25, -0.2) is 4.99 Å². The third-order valence-electron chi connectivity index (χ3n) is 5.77. The third kappa shape index (κ3) is 6.88. The molecular weight excluding hydrogens is 505 g/mol. The number of halogens is 1. The maximum atomic E-state index is 5.21. The Labute approximate surface area is 203 Å². The molecule has 0 aliphatic carbocycles. The number of piperazine rings is 1. The van der Waals surface area contributed by atoms with Gasteiger partial charge >= 0.3 is 0 Å². The summed E-state index contributed by atoms with van der Waals surface area (Å²) >= 11 is 0. The van der Waals surface area contributed by atoms with Crippen LogP contribution in [0.5, 0.6) is 0 Å². The van der Waals surface area contributed by atoms with Gasteiger partial charge in [0.25, 0.3) is 0 Å². The third-order valence-corrected chi connectivity index (χ3v) is 5.77. The summed E-state index contributed by atoms with van der Waals surface area (Å²) in [4.78, 5) is 9.77. The van der Waals surface area contributed by atoms with Gasteiger partial charge in [-0.05, 0) is 18.9 Å². The first-order valence-corrected chi connectivity index (χ1v) is 10.8. The highest BCUT2D eigenvalue weighted by atomic mass is 127. The molecular formula is C22H36IN7O. The van der Waals surface area contributed by atoms with Crippen LogP contribution in [0.2, 0.25) is 0 Å². The second kappa shape index (κ2) is 13.0. The fraction of sp³-hybridized carbons (Fsp3) is 0.591. The van der Waals surface area contributed by atoms with E-state index in [4.69, 9.17) is 9.73 Å². The maximum Gasteiger partial charge on any atom is 0.194 e. The highest BCUT2D eigenvalue weighted by molar-refractivity contribution is 14.0. The van der Waals surface area contributed by atoms with Crippen molar-refractivity contribution in [2.75, 3.05) is 46.4 Å². The lowest BCUT2D eigenvalue weighted by atomic mass is 10.0. The van der Waals surface area contributed by atoms with Gasteiger partial charge in [-0.15, -0.1) is 34.2 Å². The van der Waals surface area contributed by atoms with Gasteiger partial charge < -0.3 is 19.5 Å². The van der Waals surface area contributed by atoms with Crippen molar-refractivity contribution in [3.8, 4) is 0 Å². The Morgan fingerprint density at radius 3 is 2.45 bits per heavy atom. The number of aromatic nitrogens is 3. The van der Waals surface area contributed by atoms with Gasteiger partial charge in [-0.2, -0.15) is 0 Å². The Morgan fingerprint density at radius 1 is 1.16 bits per heavy atom. The standard InChI is InChI=1S/C22H35N7O.HI/c1-5-20(19-9-7-6-8-10-19)28-12-14-29(15-13-28)22(23-11-16-30-4)24-17-21-26-25-18(2)27(21)3;/h6-10,20H,5,11-17H2,1-4H3,(H,23,24);1H. The molecule has 0 saturated carbocycles. The van der Waals surface area contributed by atoms with Crippen molar-refractivity contribution < 1.29 is 4.74 Å². The van der Waals surface area contributed by atoms with Crippen LogP contribution in [-0.4, -0.2) is 77.0 Å². The largest absolute Gasteiger partial charge is 0.383 e. The van der Waals surface area contributed by atoms with E-state index in [0.29, 0.717) is 19.2 Å². The number of hydrogen-bond donors (Lipinski definition) is 1. The van der Waals surface area contributed by atoms with Crippen LogP contribution in [0, 0.1) is 6.92 Å².